The average Bonchev–Trinajstić information content (AvgIpc) is 2.39. The van der Waals surface area contributed by atoms with Crippen molar-refractivity contribution >= 4 is 35.0 Å². The molecule has 0 aliphatic carbocycles. The van der Waals surface area contributed by atoms with E-state index in [-0.39, 0.29) is 29.5 Å². The van der Waals surface area contributed by atoms with Crippen molar-refractivity contribution in [1.82, 2.24) is 4.90 Å². The summed E-state index contributed by atoms with van der Waals surface area (Å²) in [5, 5.41) is 12.0. The van der Waals surface area contributed by atoms with Crippen molar-refractivity contribution in [2.24, 2.45) is 5.73 Å². The first-order valence-electron chi connectivity index (χ1n) is 5.68. The predicted molar refractivity (Wildman–Crippen MR) is 73.2 cm³/mol. The van der Waals surface area contributed by atoms with E-state index in [1.807, 2.05) is 0 Å². The van der Waals surface area contributed by atoms with Crippen LogP contribution in [-0.2, 0) is 14.4 Å². The lowest BCUT2D eigenvalue weighted by molar-refractivity contribution is -0.149. The molecule has 1 rings (SSSR count). The van der Waals surface area contributed by atoms with E-state index >= 15 is 0 Å². The van der Waals surface area contributed by atoms with Crippen molar-refractivity contribution in [3.05, 3.63) is 23.2 Å². The Morgan fingerprint density at radius 2 is 2.05 bits per heavy atom. The fourth-order valence-corrected chi connectivity index (χ4v) is 1.61. The van der Waals surface area contributed by atoms with Crippen LogP contribution in [0.15, 0.2) is 18.2 Å². The van der Waals surface area contributed by atoms with Gasteiger partial charge in [0.1, 0.15) is 5.75 Å². The van der Waals surface area contributed by atoms with Gasteiger partial charge in [-0.3, -0.25) is 19.3 Å². The number of hydrogen-bond donors (Lipinski definition) is 3. The second kappa shape index (κ2) is 6.88. The fourth-order valence-electron chi connectivity index (χ4n) is 1.44. The number of carbonyl (C=O) groups is 3. The molecule has 0 radical (unpaired) electrons. The molecule has 0 aromatic heterocycles. The number of nitrogens with one attached hydrogen (secondary N) is 1. The first-order valence-corrected chi connectivity index (χ1v) is 6.06. The Labute approximate surface area is 120 Å². The van der Waals surface area contributed by atoms with Gasteiger partial charge < -0.3 is 16.2 Å². The predicted octanol–water partition coefficient (Wildman–Crippen LogP) is 0.318. The molecule has 0 bridgehead atoms. The van der Waals surface area contributed by atoms with Crippen LogP contribution in [0, 0.1) is 0 Å². The van der Waals surface area contributed by atoms with Crippen LogP contribution in [0.4, 0.5) is 5.69 Å². The summed E-state index contributed by atoms with van der Waals surface area (Å²) in [5.41, 5.74) is 5.25. The van der Waals surface area contributed by atoms with Gasteiger partial charge in [0, 0.05) is 25.0 Å². The summed E-state index contributed by atoms with van der Waals surface area (Å²) < 4.78 is 0. The van der Waals surface area contributed by atoms with Gasteiger partial charge in [-0.05, 0) is 18.2 Å². The number of nitrogens with two attached hydrogens (primary N) is 1. The van der Waals surface area contributed by atoms with Gasteiger partial charge in [0.05, 0.1) is 5.69 Å². The SMILES string of the molecule is CC(=O)N(CCN)C(=O)C(=O)Nc1cc(Cl)ccc1O. The molecule has 3 amide bonds. The highest BCUT2D eigenvalue weighted by molar-refractivity contribution is 6.42. The molecule has 1 aromatic rings. The van der Waals surface area contributed by atoms with Gasteiger partial charge in [-0.2, -0.15) is 0 Å². The summed E-state index contributed by atoms with van der Waals surface area (Å²) in [4.78, 5) is 35.5. The molecule has 0 unspecified atom stereocenters. The first-order chi connectivity index (χ1) is 9.36. The van der Waals surface area contributed by atoms with Crippen molar-refractivity contribution in [3.8, 4) is 5.75 Å². The Kier molecular flexibility index (Phi) is 5.48. The zero-order valence-corrected chi connectivity index (χ0v) is 11.5. The van der Waals surface area contributed by atoms with E-state index in [1.54, 1.807) is 0 Å². The quantitative estimate of drug-likeness (QED) is 0.549. The maximum Gasteiger partial charge on any atom is 0.318 e. The van der Waals surface area contributed by atoms with Gasteiger partial charge in [0.2, 0.25) is 5.91 Å². The first kappa shape index (κ1) is 15.9. The van der Waals surface area contributed by atoms with Crippen molar-refractivity contribution in [2.75, 3.05) is 18.4 Å². The number of carbonyl (C=O) groups excluding carboxylic acids is 3. The average molecular weight is 300 g/mol. The van der Waals surface area contributed by atoms with Crippen LogP contribution in [0.3, 0.4) is 0 Å². The van der Waals surface area contributed by atoms with Crippen LogP contribution < -0.4 is 11.1 Å². The monoisotopic (exact) mass is 299 g/mol. The maximum atomic E-state index is 11.8. The van der Waals surface area contributed by atoms with Crippen LogP contribution >= 0.6 is 11.6 Å². The van der Waals surface area contributed by atoms with Crippen molar-refractivity contribution in [3.63, 3.8) is 0 Å². The van der Waals surface area contributed by atoms with Crippen LogP contribution in [0.5, 0.6) is 5.75 Å². The molecule has 0 aliphatic heterocycles. The number of aromatic hydroxyl groups is 1. The zero-order chi connectivity index (χ0) is 15.3. The van der Waals surface area contributed by atoms with Crippen LogP contribution in [0.2, 0.25) is 5.02 Å². The van der Waals surface area contributed by atoms with Gasteiger partial charge in [-0.15, -0.1) is 0 Å². The second-order valence-electron chi connectivity index (χ2n) is 3.88. The molecule has 0 aliphatic rings. The summed E-state index contributed by atoms with van der Waals surface area (Å²) in [5.74, 6) is -2.96. The zero-order valence-electron chi connectivity index (χ0n) is 10.7. The fraction of sp³-hybridized carbons (Fsp3) is 0.250. The largest absolute Gasteiger partial charge is 0.506 e. The minimum Gasteiger partial charge on any atom is -0.506 e. The Morgan fingerprint density at radius 3 is 2.60 bits per heavy atom. The number of phenols is 1. The molecular weight excluding hydrogens is 286 g/mol. The molecule has 20 heavy (non-hydrogen) atoms. The topological polar surface area (TPSA) is 113 Å². The summed E-state index contributed by atoms with van der Waals surface area (Å²) >= 11 is 5.71. The molecule has 0 saturated carbocycles. The third-order valence-electron chi connectivity index (χ3n) is 2.38. The number of amides is 3. The highest BCUT2D eigenvalue weighted by Gasteiger charge is 2.25. The smallest absolute Gasteiger partial charge is 0.318 e. The van der Waals surface area contributed by atoms with Crippen molar-refractivity contribution < 1.29 is 19.5 Å². The molecular formula is C12H14ClN3O4. The minimum absolute atomic E-state index is 0.0212. The van der Waals surface area contributed by atoms with Crippen molar-refractivity contribution in [2.45, 2.75) is 6.92 Å². The number of benzene rings is 1. The molecule has 7 nitrogen and oxygen atoms in total. The second-order valence-corrected chi connectivity index (χ2v) is 4.32. The lowest BCUT2D eigenvalue weighted by Crippen LogP contribution is -2.44. The molecule has 1 aromatic carbocycles. The van der Waals surface area contributed by atoms with Crippen LogP contribution in [0.25, 0.3) is 0 Å². The number of hydrogen-bond acceptors (Lipinski definition) is 5. The Morgan fingerprint density at radius 1 is 1.40 bits per heavy atom. The number of imide groups is 1. The third kappa shape index (κ3) is 3.94. The number of nitrogens with zero attached hydrogens (tertiary/aromatic N) is 1. The molecule has 0 spiro atoms. The molecule has 0 fully saturated rings. The molecule has 0 saturated heterocycles. The lowest BCUT2D eigenvalue weighted by Gasteiger charge is -2.17. The number of halogens is 1. The Hall–Kier alpha value is -2.12. The molecule has 108 valence electrons. The standard InChI is InChI=1S/C12H14ClN3O4/c1-7(17)16(5-4-14)12(20)11(19)15-9-6-8(13)2-3-10(9)18/h2-3,6,18H,4-5,14H2,1H3,(H,15,19). The van der Waals surface area contributed by atoms with E-state index in [2.05, 4.69) is 5.32 Å². The third-order valence-corrected chi connectivity index (χ3v) is 2.61. The summed E-state index contributed by atoms with van der Waals surface area (Å²) in [6.07, 6.45) is 0. The van der Waals surface area contributed by atoms with Gasteiger partial charge in [-0.25, -0.2) is 0 Å². The van der Waals surface area contributed by atoms with E-state index in [1.165, 1.54) is 18.2 Å². The molecule has 8 heteroatoms. The molecule has 0 heterocycles. The summed E-state index contributed by atoms with van der Waals surface area (Å²) in [6, 6.07) is 3.97. The Balaban J connectivity index is 2.87. The van der Waals surface area contributed by atoms with Gasteiger partial charge in [-0.1, -0.05) is 11.6 Å². The maximum absolute atomic E-state index is 11.8. The van der Waals surface area contributed by atoms with E-state index < -0.39 is 17.7 Å². The lowest BCUT2D eigenvalue weighted by atomic mass is 10.3. The molecule has 4 N–H and O–H groups in total. The Bertz CT molecular complexity index is 548. The number of anilines is 1. The van der Waals surface area contributed by atoms with Crippen LogP contribution in [-0.4, -0.2) is 40.8 Å². The summed E-state index contributed by atoms with van der Waals surface area (Å²) in [6.45, 7) is 1.13. The van der Waals surface area contributed by atoms with E-state index in [4.69, 9.17) is 17.3 Å². The van der Waals surface area contributed by atoms with Gasteiger partial charge >= 0.3 is 11.8 Å². The van der Waals surface area contributed by atoms with Gasteiger partial charge in [0.25, 0.3) is 0 Å². The normalized spacial score (nSPS) is 9.95. The summed E-state index contributed by atoms with van der Waals surface area (Å²) in [7, 11) is 0. The number of rotatable bonds is 3. The van der Waals surface area contributed by atoms with E-state index in [0.29, 0.717) is 0 Å². The molecule has 0 atom stereocenters. The van der Waals surface area contributed by atoms with Gasteiger partial charge in [0.15, 0.2) is 0 Å². The van der Waals surface area contributed by atoms with E-state index in [9.17, 15) is 19.5 Å². The van der Waals surface area contributed by atoms with Crippen molar-refractivity contribution in [1.29, 1.82) is 0 Å². The number of phenolic OH excluding ortho intramolecular Hbond substituents is 1. The highest BCUT2D eigenvalue weighted by atomic mass is 35.5. The highest BCUT2D eigenvalue weighted by Crippen LogP contribution is 2.26. The van der Waals surface area contributed by atoms with E-state index in [0.717, 1.165) is 11.8 Å². The van der Waals surface area contributed by atoms with Crippen LogP contribution in [0.1, 0.15) is 6.92 Å². The minimum atomic E-state index is -1.06.